The van der Waals surface area contributed by atoms with E-state index in [4.69, 9.17) is 14.2 Å². The van der Waals surface area contributed by atoms with Gasteiger partial charge in [0.15, 0.2) is 22.4 Å². The Morgan fingerprint density at radius 1 is 1.21 bits per heavy atom. The molecule has 2 aliphatic rings. The Morgan fingerprint density at radius 2 is 2.07 bits per heavy atom. The Morgan fingerprint density at radius 3 is 2.90 bits per heavy atom. The summed E-state index contributed by atoms with van der Waals surface area (Å²) >= 11 is 1.07. The van der Waals surface area contributed by atoms with Crippen LogP contribution in [0.4, 0.5) is 13.9 Å². The van der Waals surface area contributed by atoms with Crippen LogP contribution in [-0.4, -0.2) is 36.9 Å². The van der Waals surface area contributed by atoms with Crippen molar-refractivity contribution < 1.29 is 27.8 Å². The number of nitrogens with zero attached hydrogens (tertiary/aromatic N) is 2. The lowest BCUT2D eigenvalue weighted by Gasteiger charge is -2.23. The fourth-order valence-corrected chi connectivity index (χ4v) is 4.50. The monoisotopic (exact) mass is 418 g/mol. The summed E-state index contributed by atoms with van der Waals surface area (Å²) in [6.45, 7) is 1.02. The van der Waals surface area contributed by atoms with Gasteiger partial charge in [0.2, 0.25) is 6.79 Å². The second-order valence-corrected chi connectivity index (χ2v) is 7.86. The van der Waals surface area contributed by atoms with Crippen molar-refractivity contribution in [1.82, 2.24) is 4.98 Å². The predicted octanol–water partition coefficient (Wildman–Crippen LogP) is 4.13. The average Bonchev–Trinajstić information content (AvgIpc) is 3.44. The van der Waals surface area contributed by atoms with Crippen molar-refractivity contribution in [3.8, 4) is 11.5 Å². The van der Waals surface area contributed by atoms with Crippen molar-refractivity contribution in [2.45, 2.75) is 18.9 Å². The van der Waals surface area contributed by atoms with Crippen LogP contribution in [0.25, 0.3) is 10.2 Å². The fourth-order valence-electron chi connectivity index (χ4n) is 3.49. The molecule has 0 radical (unpaired) electrons. The molecule has 0 N–H and O–H groups in total. The number of halogens is 2. The number of hydrogen-bond donors (Lipinski definition) is 0. The third kappa shape index (κ3) is 3.40. The smallest absolute Gasteiger partial charge is 0.260 e. The van der Waals surface area contributed by atoms with Gasteiger partial charge in [0.1, 0.15) is 11.3 Å². The maximum Gasteiger partial charge on any atom is 0.260 e. The molecule has 2 aromatic carbocycles. The van der Waals surface area contributed by atoms with Crippen molar-refractivity contribution in [2.75, 3.05) is 24.8 Å². The van der Waals surface area contributed by atoms with Gasteiger partial charge in [-0.3, -0.25) is 9.69 Å². The van der Waals surface area contributed by atoms with E-state index in [-0.39, 0.29) is 30.9 Å². The molecule has 1 unspecified atom stereocenters. The van der Waals surface area contributed by atoms with Crippen molar-refractivity contribution in [3.05, 3.63) is 47.5 Å². The lowest BCUT2D eigenvalue weighted by atomic mass is 10.1. The first-order chi connectivity index (χ1) is 14.1. The van der Waals surface area contributed by atoms with Crippen LogP contribution in [0, 0.1) is 11.6 Å². The largest absolute Gasteiger partial charge is 0.454 e. The first-order valence-electron chi connectivity index (χ1n) is 9.17. The zero-order chi connectivity index (χ0) is 20.0. The summed E-state index contributed by atoms with van der Waals surface area (Å²) in [6, 6.07) is 6.94. The van der Waals surface area contributed by atoms with E-state index in [1.165, 1.54) is 11.0 Å². The number of benzene rings is 2. The van der Waals surface area contributed by atoms with Gasteiger partial charge in [0, 0.05) is 18.2 Å². The minimum Gasteiger partial charge on any atom is -0.454 e. The van der Waals surface area contributed by atoms with Gasteiger partial charge in [-0.15, -0.1) is 0 Å². The number of aromatic nitrogens is 1. The van der Waals surface area contributed by atoms with Crippen molar-refractivity contribution in [2.24, 2.45) is 0 Å². The first-order valence-corrected chi connectivity index (χ1v) is 9.99. The summed E-state index contributed by atoms with van der Waals surface area (Å²) in [7, 11) is 0. The topological polar surface area (TPSA) is 60.9 Å². The Kier molecular flexibility index (Phi) is 4.56. The average molecular weight is 418 g/mol. The van der Waals surface area contributed by atoms with Crippen LogP contribution in [0.3, 0.4) is 0 Å². The molecule has 2 aliphatic heterocycles. The Balaban J connectivity index is 1.54. The minimum absolute atomic E-state index is 0.0437. The van der Waals surface area contributed by atoms with Gasteiger partial charge in [0.25, 0.3) is 5.91 Å². The summed E-state index contributed by atoms with van der Waals surface area (Å²) in [6.07, 6.45) is 1.59. The van der Waals surface area contributed by atoms with E-state index >= 15 is 0 Å². The number of thiazole rings is 1. The molecule has 1 amide bonds. The molecule has 5 rings (SSSR count). The summed E-state index contributed by atoms with van der Waals surface area (Å²) < 4.78 is 44.4. The second-order valence-electron chi connectivity index (χ2n) is 6.85. The summed E-state index contributed by atoms with van der Waals surface area (Å²) in [4.78, 5) is 19.1. The molecule has 1 saturated heterocycles. The molecule has 3 aromatic rings. The number of carbonyl (C=O) groups is 1. The number of rotatable bonds is 4. The number of fused-ring (bicyclic) bond motifs is 2. The molecule has 0 bridgehead atoms. The summed E-state index contributed by atoms with van der Waals surface area (Å²) in [5.74, 6) is -0.693. The minimum atomic E-state index is -0.755. The molecule has 0 saturated carbocycles. The third-order valence-corrected chi connectivity index (χ3v) is 5.93. The van der Waals surface area contributed by atoms with Gasteiger partial charge in [0.05, 0.1) is 17.3 Å². The Bertz CT molecular complexity index is 1100. The SMILES string of the molecule is O=C(c1ccc2c(c1)OCO2)N(CC1CCCO1)c1nc2c(F)cc(F)cc2s1. The van der Waals surface area contributed by atoms with E-state index in [9.17, 15) is 13.6 Å². The van der Waals surface area contributed by atoms with E-state index in [1.54, 1.807) is 18.2 Å². The van der Waals surface area contributed by atoms with Gasteiger partial charge >= 0.3 is 0 Å². The van der Waals surface area contributed by atoms with Crippen molar-refractivity contribution in [1.29, 1.82) is 0 Å². The van der Waals surface area contributed by atoms with E-state index in [2.05, 4.69) is 4.98 Å². The molecule has 0 spiro atoms. The Hall–Kier alpha value is -2.78. The summed E-state index contributed by atoms with van der Waals surface area (Å²) in [5, 5.41) is 0.294. The first kappa shape index (κ1) is 18.3. The van der Waals surface area contributed by atoms with Crippen LogP contribution in [0.15, 0.2) is 30.3 Å². The molecule has 6 nitrogen and oxygen atoms in total. The second kappa shape index (κ2) is 7.23. The van der Waals surface area contributed by atoms with Gasteiger partial charge < -0.3 is 14.2 Å². The maximum atomic E-state index is 14.1. The van der Waals surface area contributed by atoms with Crippen LogP contribution >= 0.6 is 11.3 Å². The van der Waals surface area contributed by atoms with Crippen molar-refractivity contribution >= 4 is 32.6 Å². The van der Waals surface area contributed by atoms with E-state index in [0.717, 1.165) is 30.2 Å². The lowest BCUT2D eigenvalue weighted by Crippen LogP contribution is -2.37. The third-order valence-electron chi connectivity index (χ3n) is 4.91. The molecule has 1 atom stereocenters. The number of hydrogen-bond acceptors (Lipinski definition) is 6. The lowest BCUT2D eigenvalue weighted by molar-refractivity contribution is 0.0917. The van der Waals surface area contributed by atoms with E-state index in [1.807, 2.05) is 0 Å². The molecule has 0 aliphatic carbocycles. The van der Waals surface area contributed by atoms with Gasteiger partial charge in [-0.05, 0) is 37.1 Å². The van der Waals surface area contributed by atoms with Crippen molar-refractivity contribution in [3.63, 3.8) is 0 Å². The molecule has 29 heavy (non-hydrogen) atoms. The van der Waals surface area contributed by atoms with Crippen LogP contribution in [0.1, 0.15) is 23.2 Å². The molecule has 1 fully saturated rings. The molecule has 150 valence electrons. The quantitative estimate of drug-likeness (QED) is 0.638. The highest BCUT2D eigenvalue weighted by molar-refractivity contribution is 7.22. The Labute approximate surface area is 168 Å². The van der Waals surface area contributed by atoms with Crippen LogP contribution in [0.2, 0.25) is 0 Å². The number of anilines is 1. The van der Waals surface area contributed by atoms with Gasteiger partial charge in [-0.1, -0.05) is 11.3 Å². The fraction of sp³-hybridized carbons (Fsp3) is 0.300. The van der Waals surface area contributed by atoms with E-state index < -0.39 is 11.6 Å². The van der Waals surface area contributed by atoms with Gasteiger partial charge in [-0.2, -0.15) is 0 Å². The van der Waals surface area contributed by atoms with Crippen LogP contribution in [-0.2, 0) is 4.74 Å². The van der Waals surface area contributed by atoms with Crippen LogP contribution < -0.4 is 14.4 Å². The molecule has 1 aromatic heterocycles. The zero-order valence-electron chi connectivity index (χ0n) is 15.2. The molecular formula is C20H16F2N2O4S. The number of amides is 1. The standard InChI is InChI=1S/C20H16F2N2O4S/c21-12-7-14(22)18-17(8-12)29-20(23-18)24(9-13-2-1-5-26-13)19(25)11-3-4-15-16(6-11)28-10-27-15/h3-4,6-8,13H,1-2,5,9-10H2. The molecule has 3 heterocycles. The summed E-state index contributed by atoms with van der Waals surface area (Å²) in [5.41, 5.74) is 0.431. The highest BCUT2D eigenvalue weighted by atomic mass is 32.1. The highest BCUT2D eigenvalue weighted by Gasteiger charge is 2.28. The predicted molar refractivity (Wildman–Crippen MR) is 103 cm³/mol. The normalized spacial score (nSPS) is 17.8. The van der Waals surface area contributed by atoms with Crippen LogP contribution in [0.5, 0.6) is 11.5 Å². The van der Waals surface area contributed by atoms with Gasteiger partial charge in [-0.25, -0.2) is 13.8 Å². The number of ether oxygens (including phenoxy) is 3. The van der Waals surface area contributed by atoms with E-state index in [0.29, 0.717) is 33.5 Å². The maximum absolute atomic E-state index is 14.1. The zero-order valence-corrected chi connectivity index (χ0v) is 16.0. The number of carbonyl (C=O) groups excluding carboxylic acids is 1. The molecule has 9 heteroatoms. The highest BCUT2D eigenvalue weighted by Crippen LogP contribution is 2.35. The molecular weight excluding hydrogens is 402 g/mol.